The standard InChI is InChI=1S/C14H16ClNO/c1-2-3-4-5-14(17)12-9-16-13-8-10(15)6-7-11(12)13/h6-9,16H,2-5H2,1H3. The number of halogens is 1. The molecular weight excluding hydrogens is 234 g/mol. The van der Waals surface area contributed by atoms with Crippen LogP contribution >= 0.6 is 11.6 Å². The molecule has 0 spiro atoms. The number of rotatable bonds is 5. The smallest absolute Gasteiger partial charge is 0.165 e. The largest absolute Gasteiger partial charge is 0.360 e. The van der Waals surface area contributed by atoms with Crippen molar-refractivity contribution in [2.45, 2.75) is 32.6 Å². The molecule has 0 amide bonds. The van der Waals surface area contributed by atoms with Crippen molar-refractivity contribution in [2.24, 2.45) is 0 Å². The lowest BCUT2D eigenvalue weighted by Crippen LogP contribution is -1.97. The molecular formula is C14H16ClNO. The van der Waals surface area contributed by atoms with Gasteiger partial charge in [-0.25, -0.2) is 0 Å². The fourth-order valence-electron chi connectivity index (χ4n) is 2.00. The van der Waals surface area contributed by atoms with Crippen molar-refractivity contribution in [3.05, 3.63) is 35.0 Å². The number of hydrogen-bond donors (Lipinski definition) is 1. The maximum Gasteiger partial charge on any atom is 0.165 e. The van der Waals surface area contributed by atoms with E-state index in [9.17, 15) is 4.79 Å². The van der Waals surface area contributed by atoms with E-state index >= 15 is 0 Å². The number of carbonyl (C=O) groups excluding carboxylic acids is 1. The molecule has 0 saturated carbocycles. The number of aromatic amines is 1. The molecule has 0 atom stereocenters. The van der Waals surface area contributed by atoms with E-state index in [0.717, 1.165) is 35.7 Å². The summed E-state index contributed by atoms with van der Waals surface area (Å²) in [4.78, 5) is 15.1. The van der Waals surface area contributed by atoms with Crippen LogP contribution in [-0.4, -0.2) is 10.8 Å². The van der Waals surface area contributed by atoms with Crippen molar-refractivity contribution in [2.75, 3.05) is 0 Å². The number of aromatic nitrogens is 1. The minimum Gasteiger partial charge on any atom is -0.360 e. The highest BCUT2D eigenvalue weighted by Gasteiger charge is 2.11. The molecule has 0 bridgehead atoms. The third kappa shape index (κ3) is 2.70. The van der Waals surface area contributed by atoms with Crippen LogP contribution in [0.5, 0.6) is 0 Å². The van der Waals surface area contributed by atoms with E-state index in [1.54, 1.807) is 6.20 Å². The predicted molar refractivity (Wildman–Crippen MR) is 71.8 cm³/mol. The lowest BCUT2D eigenvalue weighted by molar-refractivity contribution is 0.0981. The van der Waals surface area contributed by atoms with Crippen LogP contribution in [0.2, 0.25) is 5.02 Å². The number of nitrogens with one attached hydrogen (secondary N) is 1. The van der Waals surface area contributed by atoms with Crippen molar-refractivity contribution in [3.8, 4) is 0 Å². The maximum absolute atomic E-state index is 12.0. The van der Waals surface area contributed by atoms with Gasteiger partial charge >= 0.3 is 0 Å². The summed E-state index contributed by atoms with van der Waals surface area (Å²) in [5.41, 5.74) is 1.71. The number of ketones is 1. The molecule has 2 nitrogen and oxygen atoms in total. The molecule has 0 fully saturated rings. The molecule has 0 unspecified atom stereocenters. The van der Waals surface area contributed by atoms with E-state index in [1.165, 1.54) is 0 Å². The van der Waals surface area contributed by atoms with E-state index in [0.29, 0.717) is 11.4 Å². The minimum atomic E-state index is 0.215. The number of benzene rings is 1. The second kappa shape index (κ2) is 5.37. The van der Waals surface area contributed by atoms with Crippen LogP contribution in [0.15, 0.2) is 24.4 Å². The van der Waals surface area contributed by atoms with Gasteiger partial charge in [0.1, 0.15) is 0 Å². The van der Waals surface area contributed by atoms with Crippen LogP contribution in [0.3, 0.4) is 0 Å². The molecule has 17 heavy (non-hydrogen) atoms. The Morgan fingerprint density at radius 1 is 1.35 bits per heavy atom. The lowest BCUT2D eigenvalue weighted by atomic mass is 10.0. The number of fused-ring (bicyclic) bond motifs is 1. The molecule has 1 aromatic heterocycles. The summed E-state index contributed by atoms with van der Waals surface area (Å²) in [5.74, 6) is 0.215. The van der Waals surface area contributed by atoms with Crippen LogP contribution in [0.4, 0.5) is 0 Å². The average Bonchev–Trinajstić information content (AvgIpc) is 2.72. The Labute approximate surface area is 106 Å². The first-order valence-electron chi connectivity index (χ1n) is 6.02. The van der Waals surface area contributed by atoms with Crippen LogP contribution in [-0.2, 0) is 0 Å². The Balaban J connectivity index is 2.21. The molecule has 0 aliphatic heterocycles. The van der Waals surface area contributed by atoms with Gasteiger partial charge in [-0.1, -0.05) is 37.4 Å². The third-order valence-corrected chi connectivity index (χ3v) is 3.19. The summed E-state index contributed by atoms with van der Waals surface area (Å²) in [6.45, 7) is 2.14. The van der Waals surface area contributed by atoms with E-state index < -0.39 is 0 Å². The molecule has 0 saturated heterocycles. The van der Waals surface area contributed by atoms with Gasteiger partial charge in [0.05, 0.1) is 0 Å². The molecule has 2 aromatic rings. The first-order valence-corrected chi connectivity index (χ1v) is 6.40. The number of carbonyl (C=O) groups is 1. The van der Waals surface area contributed by atoms with Gasteiger partial charge in [-0.2, -0.15) is 0 Å². The third-order valence-electron chi connectivity index (χ3n) is 2.95. The first kappa shape index (κ1) is 12.2. The van der Waals surface area contributed by atoms with Crippen molar-refractivity contribution >= 4 is 28.3 Å². The van der Waals surface area contributed by atoms with Gasteiger partial charge in [0.15, 0.2) is 5.78 Å². The predicted octanol–water partition coefficient (Wildman–Crippen LogP) is 4.58. The average molecular weight is 250 g/mol. The second-order valence-electron chi connectivity index (χ2n) is 4.27. The highest BCUT2D eigenvalue weighted by molar-refractivity contribution is 6.31. The highest BCUT2D eigenvalue weighted by atomic mass is 35.5. The summed E-state index contributed by atoms with van der Waals surface area (Å²) < 4.78 is 0. The molecule has 1 aromatic carbocycles. The number of Topliss-reactive ketones (excluding diaryl/α,β-unsaturated/α-hetero) is 1. The Kier molecular flexibility index (Phi) is 3.85. The maximum atomic E-state index is 12.0. The van der Waals surface area contributed by atoms with Gasteiger partial charge < -0.3 is 4.98 Å². The Hall–Kier alpha value is -1.28. The second-order valence-corrected chi connectivity index (χ2v) is 4.71. The molecule has 1 N–H and O–H groups in total. The first-order chi connectivity index (χ1) is 8.22. The van der Waals surface area contributed by atoms with Gasteiger partial charge in [-0.05, 0) is 18.6 Å². The molecule has 2 rings (SSSR count). The summed E-state index contributed by atoms with van der Waals surface area (Å²) in [6.07, 6.45) is 5.63. The zero-order valence-electron chi connectivity index (χ0n) is 9.92. The van der Waals surface area contributed by atoms with Crippen molar-refractivity contribution in [1.29, 1.82) is 0 Å². The number of hydrogen-bond acceptors (Lipinski definition) is 1. The highest BCUT2D eigenvalue weighted by Crippen LogP contribution is 2.23. The van der Waals surface area contributed by atoms with E-state index in [4.69, 9.17) is 11.6 Å². The summed E-state index contributed by atoms with van der Waals surface area (Å²) >= 11 is 5.90. The zero-order chi connectivity index (χ0) is 12.3. The van der Waals surface area contributed by atoms with Crippen LogP contribution < -0.4 is 0 Å². The van der Waals surface area contributed by atoms with Crippen LogP contribution in [0.25, 0.3) is 10.9 Å². The Morgan fingerprint density at radius 2 is 2.18 bits per heavy atom. The van der Waals surface area contributed by atoms with Crippen molar-refractivity contribution in [3.63, 3.8) is 0 Å². The fraction of sp³-hybridized carbons (Fsp3) is 0.357. The molecule has 3 heteroatoms. The Morgan fingerprint density at radius 3 is 2.94 bits per heavy atom. The summed E-state index contributed by atoms with van der Waals surface area (Å²) in [7, 11) is 0. The van der Waals surface area contributed by atoms with E-state index in [2.05, 4.69) is 11.9 Å². The molecule has 1 heterocycles. The lowest BCUT2D eigenvalue weighted by Gasteiger charge is -1.99. The summed E-state index contributed by atoms with van der Waals surface area (Å²) in [6, 6.07) is 5.57. The number of unbranched alkanes of at least 4 members (excludes halogenated alkanes) is 2. The normalized spacial score (nSPS) is 10.9. The SMILES string of the molecule is CCCCCC(=O)c1c[nH]c2cc(Cl)ccc12. The van der Waals surface area contributed by atoms with Gasteiger partial charge in [-0.3, -0.25) is 4.79 Å². The number of H-pyrrole nitrogens is 1. The minimum absolute atomic E-state index is 0.215. The van der Waals surface area contributed by atoms with Gasteiger partial charge in [-0.15, -0.1) is 0 Å². The molecule has 0 aliphatic rings. The van der Waals surface area contributed by atoms with Crippen molar-refractivity contribution in [1.82, 2.24) is 4.98 Å². The quantitative estimate of drug-likeness (QED) is 0.610. The fourth-order valence-corrected chi connectivity index (χ4v) is 2.17. The van der Waals surface area contributed by atoms with Gasteiger partial charge in [0.2, 0.25) is 0 Å². The molecule has 0 radical (unpaired) electrons. The van der Waals surface area contributed by atoms with E-state index in [-0.39, 0.29) is 5.78 Å². The van der Waals surface area contributed by atoms with E-state index in [1.807, 2.05) is 18.2 Å². The topological polar surface area (TPSA) is 32.9 Å². The Bertz CT molecular complexity index is 530. The monoisotopic (exact) mass is 249 g/mol. The zero-order valence-corrected chi connectivity index (χ0v) is 10.7. The van der Waals surface area contributed by atoms with Gasteiger partial charge in [0, 0.05) is 34.1 Å². The van der Waals surface area contributed by atoms with Crippen LogP contribution in [0.1, 0.15) is 43.0 Å². The molecule has 0 aliphatic carbocycles. The van der Waals surface area contributed by atoms with Crippen molar-refractivity contribution < 1.29 is 4.79 Å². The van der Waals surface area contributed by atoms with Gasteiger partial charge in [0.25, 0.3) is 0 Å². The molecule has 90 valence electrons. The van der Waals surface area contributed by atoms with Crippen LogP contribution in [0, 0.1) is 0 Å². The summed E-state index contributed by atoms with van der Waals surface area (Å²) in [5, 5.41) is 1.65.